The Bertz CT molecular complexity index is 933. The lowest BCUT2D eigenvalue weighted by Crippen LogP contribution is -2.43. The molecule has 0 bridgehead atoms. The van der Waals surface area contributed by atoms with E-state index in [1.54, 1.807) is 12.1 Å². The van der Waals surface area contributed by atoms with Gasteiger partial charge in [-0.05, 0) is 48.6 Å². The fourth-order valence-electron chi connectivity index (χ4n) is 4.10. The Morgan fingerprint density at radius 2 is 1.93 bits per heavy atom. The maximum atomic E-state index is 13.1. The maximum absolute atomic E-state index is 13.1. The highest BCUT2D eigenvalue weighted by Gasteiger charge is 2.55. The number of carbonyl (C=O) groups excluding carboxylic acids is 2. The number of ether oxygens (including phenoxy) is 1. The topological polar surface area (TPSA) is 78.9 Å². The molecular weight excluding hydrogens is 392 g/mol. The third kappa shape index (κ3) is 3.64. The highest BCUT2D eigenvalue weighted by atomic mass is 35.5. The van der Waals surface area contributed by atoms with E-state index >= 15 is 0 Å². The van der Waals surface area contributed by atoms with E-state index < -0.39 is 17.7 Å². The predicted octanol–water partition coefficient (Wildman–Crippen LogP) is 3.17. The average molecular weight is 415 g/mol. The Morgan fingerprint density at radius 1 is 1.21 bits per heavy atom. The van der Waals surface area contributed by atoms with Gasteiger partial charge in [-0.15, -0.1) is 0 Å². The van der Waals surface area contributed by atoms with Crippen molar-refractivity contribution in [2.75, 3.05) is 13.2 Å². The van der Waals surface area contributed by atoms with E-state index in [9.17, 15) is 14.7 Å². The van der Waals surface area contributed by atoms with Gasteiger partial charge < -0.3 is 15.2 Å². The van der Waals surface area contributed by atoms with E-state index in [1.807, 2.05) is 43.3 Å². The van der Waals surface area contributed by atoms with Crippen molar-refractivity contribution in [2.45, 2.75) is 37.5 Å². The summed E-state index contributed by atoms with van der Waals surface area (Å²) in [6.45, 7) is 1.76. The largest absolute Gasteiger partial charge is 0.389 e. The van der Waals surface area contributed by atoms with Crippen LogP contribution in [0.4, 0.5) is 4.79 Å². The van der Waals surface area contributed by atoms with Crippen LogP contribution in [-0.2, 0) is 21.5 Å². The number of nitrogens with zero attached hydrogens (tertiary/aromatic N) is 1. The van der Waals surface area contributed by atoms with Crippen LogP contribution in [0.2, 0.25) is 5.02 Å². The molecule has 1 saturated heterocycles. The standard InChI is InChI=1S/C22H23ClN2O4/c1-14(15-6-8-17(23)9-7-15)29-13-18(26)12-25-20(27)22(24-21(25)28)11-10-16-4-2-3-5-19(16)22/h2-9,14,18,26H,10-13H2,1H3,(H,24,28)/t14-,18+,22+/m1/s1. The molecule has 152 valence electrons. The van der Waals surface area contributed by atoms with Crippen molar-refractivity contribution >= 4 is 23.5 Å². The molecule has 29 heavy (non-hydrogen) atoms. The fraction of sp³-hybridized carbons (Fsp3) is 0.364. The summed E-state index contributed by atoms with van der Waals surface area (Å²) in [6, 6.07) is 14.5. The molecule has 2 aromatic rings. The number of halogens is 1. The molecular formula is C22H23ClN2O4. The number of rotatable bonds is 6. The molecule has 3 atom stereocenters. The number of nitrogens with one attached hydrogen (secondary N) is 1. The summed E-state index contributed by atoms with van der Waals surface area (Å²) in [5.41, 5.74) is 1.84. The molecule has 0 unspecified atom stereocenters. The van der Waals surface area contributed by atoms with Crippen molar-refractivity contribution in [1.82, 2.24) is 10.2 Å². The molecule has 1 aliphatic carbocycles. The van der Waals surface area contributed by atoms with Crippen molar-refractivity contribution in [2.24, 2.45) is 0 Å². The number of aliphatic hydroxyl groups excluding tert-OH is 1. The van der Waals surface area contributed by atoms with Crippen molar-refractivity contribution < 1.29 is 19.4 Å². The zero-order valence-electron chi connectivity index (χ0n) is 16.1. The first-order valence-corrected chi connectivity index (χ1v) is 10.1. The van der Waals surface area contributed by atoms with Crippen LogP contribution < -0.4 is 5.32 Å². The molecule has 1 fully saturated rings. The third-order valence-electron chi connectivity index (χ3n) is 5.69. The third-order valence-corrected chi connectivity index (χ3v) is 5.95. The van der Waals surface area contributed by atoms with E-state index in [1.165, 1.54) is 0 Å². The summed E-state index contributed by atoms with van der Waals surface area (Å²) in [7, 11) is 0. The predicted molar refractivity (Wildman–Crippen MR) is 109 cm³/mol. The first-order valence-electron chi connectivity index (χ1n) is 9.68. The van der Waals surface area contributed by atoms with E-state index in [-0.39, 0.29) is 25.2 Å². The summed E-state index contributed by atoms with van der Waals surface area (Å²) in [6.07, 6.45) is 0.0396. The number of benzene rings is 2. The number of hydrogen-bond donors (Lipinski definition) is 2. The molecule has 2 aliphatic rings. The molecule has 0 saturated carbocycles. The Labute approximate surface area is 174 Å². The second-order valence-electron chi connectivity index (χ2n) is 7.59. The summed E-state index contributed by atoms with van der Waals surface area (Å²) in [5.74, 6) is -0.308. The van der Waals surface area contributed by atoms with Crippen LogP contribution >= 0.6 is 11.6 Å². The van der Waals surface area contributed by atoms with Crippen LogP contribution in [-0.4, -0.2) is 41.2 Å². The minimum absolute atomic E-state index is 0.00440. The van der Waals surface area contributed by atoms with Crippen LogP contribution in [0.1, 0.15) is 36.1 Å². The maximum Gasteiger partial charge on any atom is 0.325 e. The van der Waals surface area contributed by atoms with Gasteiger partial charge in [-0.2, -0.15) is 0 Å². The van der Waals surface area contributed by atoms with Gasteiger partial charge in [0.2, 0.25) is 0 Å². The second-order valence-corrected chi connectivity index (χ2v) is 8.03. The van der Waals surface area contributed by atoms with Crippen LogP contribution in [0.5, 0.6) is 0 Å². The summed E-state index contributed by atoms with van der Waals surface area (Å²) in [5, 5.41) is 13.9. The van der Waals surface area contributed by atoms with Gasteiger partial charge in [-0.1, -0.05) is 48.0 Å². The minimum atomic E-state index is -1.01. The van der Waals surface area contributed by atoms with Gasteiger partial charge in [-0.25, -0.2) is 4.79 Å². The first-order chi connectivity index (χ1) is 13.9. The number of hydrogen-bond acceptors (Lipinski definition) is 4. The lowest BCUT2D eigenvalue weighted by molar-refractivity contribution is -0.133. The summed E-state index contributed by atoms with van der Waals surface area (Å²) >= 11 is 5.89. The van der Waals surface area contributed by atoms with Crippen molar-refractivity contribution in [3.05, 3.63) is 70.2 Å². The number of β-amino-alcohol motifs (C(OH)–C–C–N with tert-alkyl or cyclic N) is 1. The van der Waals surface area contributed by atoms with Crippen molar-refractivity contribution in [1.29, 1.82) is 0 Å². The molecule has 1 spiro atoms. The van der Waals surface area contributed by atoms with Gasteiger partial charge in [0, 0.05) is 5.02 Å². The van der Waals surface area contributed by atoms with Crippen LogP contribution in [0.25, 0.3) is 0 Å². The van der Waals surface area contributed by atoms with Crippen molar-refractivity contribution in [3.63, 3.8) is 0 Å². The summed E-state index contributed by atoms with van der Waals surface area (Å²) in [4.78, 5) is 26.7. The fourth-order valence-corrected chi connectivity index (χ4v) is 4.23. The zero-order chi connectivity index (χ0) is 20.6. The van der Waals surface area contributed by atoms with E-state index in [0.29, 0.717) is 11.4 Å². The number of urea groups is 1. The SMILES string of the molecule is C[C@@H](OC[C@@H](O)CN1C(=O)N[C@]2(CCc3ccccc32)C1=O)c1ccc(Cl)cc1. The Kier molecular flexibility index (Phi) is 5.34. The van der Waals surface area contributed by atoms with Gasteiger partial charge in [0.25, 0.3) is 5.91 Å². The van der Waals surface area contributed by atoms with E-state index in [2.05, 4.69) is 5.32 Å². The Hall–Kier alpha value is -2.41. The molecule has 4 rings (SSSR count). The molecule has 2 N–H and O–H groups in total. The number of amides is 3. The van der Waals surface area contributed by atoms with Crippen LogP contribution in [0.15, 0.2) is 48.5 Å². The molecule has 0 aromatic heterocycles. The molecule has 1 aliphatic heterocycles. The number of aliphatic hydroxyl groups is 1. The quantitative estimate of drug-likeness (QED) is 0.711. The zero-order valence-corrected chi connectivity index (χ0v) is 16.9. The molecule has 0 radical (unpaired) electrons. The number of carbonyl (C=O) groups is 2. The highest BCUT2D eigenvalue weighted by Crippen LogP contribution is 2.41. The highest BCUT2D eigenvalue weighted by molar-refractivity contribution is 6.30. The molecule has 2 aromatic carbocycles. The number of aryl methyl sites for hydroxylation is 1. The van der Waals surface area contributed by atoms with Gasteiger partial charge in [0.05, 0.1) is 25.4 Å². The molecule has 1 heterocycles. The lowest BCUT2D eigenvalue weighted by Gasteiger charge is -2.23. The smallest absolute Gasteiger partial charge is 0.325 e. The van der Waals surface area contributed by atoms with E-state index in [0.717, 1.165) is 28.0 Å². The normalized spacial score (nSPS) is 22.7. The first kappa shape index (κ1) is 19.9. The van der Waals surface area contributed by atoms with Crippen LogP contribution in [0, 0.1) is 0 Å². The Balaban J connectivity index is 1.39. The number of imide groups is 1. The molecule has 6 nitrogen and oxygen atoms in total. The minimum Gasteiger partial charge on any atom is -0.389 e. The number of fused-ring (bicyclic) bond motifs is 2. The monoisotopic (exact) mass is 414 g/mol. The lowest BCUT2D eigenvalue weighted by atomic mass is 9.92. The second kappa shape index (κ2) is 7.78. The van der Waals surface area contributed by atoms with Gasteiger partial charge in [0.1, 0.15) is 5.54 Å². The van der Waals surface area contributed by atoms with Gasteiger partial charge in [-0.3, -0.25) is 9.69 Å². The van der Waals surface area contributed by atoms with Crippen LogP contribution in [0.3, 0.4) is 0 Å². The average Bonchev–Trinajstić information content (AvgIpc) is 3.20. The Morgan fingerprint density at radius 3 is 2.69 bits per heavy atom. The van der Waals surface area contributed by atoms with Crippen molar-refractivity contribution in [3.8, 4) is 0 Å². The molecule has 7 heteroatoms. The molecule has 3 amide bonds. The van der Waals surface area contributed by atoms with Gasteiger partial charge in [0.15, 0.2) is 0 Å². The van der Waals surface area contributed by atoms with Gasteiger partial charge >= 0.3 is 6.03 Å². The van der Waals surface area contributed by atoms with E-state index in [4.69, 9.17) is 16.3 Å². The summed E-state index contributed by atoms with van der Waals surface area (Å²) < 4.78 is 5.72.